The molecule has 0 aromatic carbocycles. The molecular weight excluding hydrogens is 174 g/mol. The summed E-state index contributed by atoms with van der Waals surface area (Å²) in [6.07, 6.45) is 4.36. The molecule has 2 heteroatoms. The van der Waals surface area contributed by atoms with Crippen molar-refractivity contribution in [3.63, 3.8) is 0 Å². The summed E-state index contributed by atoms with van der Waals surface area (Å²) in [5, 5.41) is 4.87. The zero-order chi connectivity index (χ0) is 10.7. The molecule has 1 rings (SSSR count). The minimum atomic E-state index is 0.00868. The molecule has 0 saturated carbocycles. The zero-order valence-corrected chi connectivity index (χ0v) is 10.1. The van der Waals surface area contributed by atoms with Gasteiger partial charge in [-0.25, -0.2) is 5.32 Å². The van der Waals surface area contributed by atoms with Crippen molar-refractivity contribution in [3.8, 4) is 0 Å². The molecule has 1 aliphatic heterocycles. The number of hydrogen-bond donors (Lipinski definition) is 0. The van der Waals surface area contributed by atoms with Gasteiger partial charge in [-0.2, -0.15) is 0 Å². The summed E-state index contributed by atoms with van der Waals surface area (Å²) in [6.45, 7) is 10.6. The SMILES string of the molecule is CCC1(CC)[N]CCOC1(CC)CC. The maximum Gasteiger partial charge on any atom is 0.0874 e. The van der Waals surface area contributed by atoms with E-state index in [1.165, 1.54) is 0 Å². The van der Waals surface area contributed by atoms with Gasteiger partial charge in [0.1, 0.15) is 0 Å². The third kappa shape index (κ3) is 1.59. The monoisotopic (exact) mass is 198 g/mol. The zero-order valence-electron chi connectivity index (χ0n) is 10.1. The third-order valence-corrected chi connectivity index (χ3v) is 4.04. The van der Waals surface area contributed by atoms with Crippen molar-refractivity contribution in [2.75, 3.05) is 13.2 Å². The van der Waals surface area contributed by atoms with Gasteiger partial charge in [0.15, 0.2) is 0 Å². The highest BCUT2D eigenvalue weighted by molar-refractivity contribution is 5.06. The Hall–Kier alpha value is -0.0800. The van der Waals surface area contributed by atoms with E-state index in [4.69, 9.17) is 10.1 Å². The van der Waals surface area contributed by atoms with Crippen molar-refractivity contribution >= 4 is 0 Å². The summed E-state index contributed by atoms with van der Waals surface area (Å²) >= 11 is 0. The molecule has 0 aromatic heterocycles. The molecule has 0 atom stereocenters. The van der Waals surface area contributed by atoms with E-state index in [1.54, 1.807) is 0 Å². The van der Waals surface area contributed by atoms with Gasteiger partial charge >= 0.3 is 0 Å². The van der Waals surface area contributed by atoms with Gasteiger partial charge in [-0.05, 0) is 25.7 Å². The van der Waals surface area contributed by atoms with Crippen LogP contribution in [-0.2, 0) is 4.74 Å². The molecule has 0 aromatic rings. The van der Waals surface area contributed by atoms with Crippen molar-refractivity contribution in [1.29, 1.82) is 0 Å². The number of rotatable bonds is 4. The Bertz CT molecular complexity index is 151. The lowest BCUT2D eigenvalue weighted by molar-refractivity contribution is -0.148. The van der Waals surface area contributed by atoms with E-state index in [9.17, 15) is 0 Å². The van der Waals surface area contributed by atoms with Crippen LogP contribution in [-0.4, -0.2) is 24.3 Å². The molecule has 14 heavy (non-hydrogen) atoms. The van der Waals surface area contributed by atoms with E-state index < -0.39 is 0 Å². The van der Waals surface area contributed by atoms with Crippen molar-refractivity contribution in [3.05, 3.63) is 0 Å². The molecule has 0 bridgehead atoms. The van der Waals surface area contributed by atoms with Crippen molar-refractivity contribution in [1.82, 2.24) is 5.32 Å². The maximum absolute atomic E-state index is 6.07. The summed E-state index contributed by atoms with van der Waals surface area (Å²) < 4.78 is 6.07. The Morgan fingerprint density at radius 3 is 1.93 bits per heavy atom. The fraction of sp³-hybridized carbons (Fsp3) is 1.00. The average molecular weight is 198 g/mol. The van der Waals surface area contributed by atoms with E-state index in [2.05, 4.69) is 27.7 Å². The molecule has 0 aliphatic carbocycles. The lowest BCUT2D eigenvalue weighted by atomic mass is 9.71. The molecule has 0 spiro atoms. The van der Waals surface area contributed by atoms with Crippen LogP contribution in [0, 0.1) is 0 Å². The number of morpholine rings is 1. The third-order valence-electron chi connectivity index (χ3n) is 4.04. The van der Waals surface area contributed by atoms with Crippen molar-refractivity contribution < 1.29 is 4.74 Å². The Morgan fingerprint density at radius 2 is 1.57 bits per heavy atom. The highest BCUT2D eigenvalue weighted by Crippen LogP contribution is 2.40. The summed E-state index contributed by atoms with van der Waals surface area (Å²) in [5.41, 5.74) is 0.0868. The van der Waals surface area contributed by atoms with Crippen LogP contribution < -0.4 is 5.32 Å². The van der Waals surface area contributed by atoms with Crippen LogP contribution in [0.4, 0.5) is 0 Å². The van der Waals surface area contributed by atoms with E-state index >= 15 is 0 Å². The minimum absolute atomic E-state index is 0.00868. The van der Waals surface area contributed by atoms with Crippen LogP contribution in [0.2, 0.25) is 0 Å². The molecule has 1 aliphatic rings. The molecule has 2 nitrogen and oxygen atoms in total. The Kier molecular flexibility index (Phi) is 3.96. The van der Waals surface area contributed by atoms with E-state index in [1.807, 2.05) is 0 Å². The molecule has 1 saturated heterocycles. The van der Waals surface area contributed by atoms with Gasteiger partial charge in [0.2, 0.25) is 0 Å². The predicted molar refractivity (Wildman–Crippen MR) is 59.6 cm³/mol. The summed E-state index contributed by atoms with van der Waals surface area (Å²) in [4.78, 5) is 0. The smallest absolute Gasteiger partial charge is 0.0874 e. The summed E-state index contributed by atoms with van der Waals surface area (Å²) in [5.74, 6) is 0. The first-order chi connectivity index (χ1) is 6.70. The maximum atomic E-state index is 6.07. The van der Waals surface area contributed by atoms with Gasteiger partial charge in [-0.3, -0.25) is 0 Å². The van der Waals surface area contributed by atoms with Gasteiger partial charge < -0.3 is 4.74 Å². The molecule has 1 heterocycles. The molecule has 1 fully saturated rings. The highest BCUT2D eigenvalue weighted by Gasteiger charge is 2.50. The van der Waals surface area contributed by atoms with Crippen LogP contribution in [0.25, 0.3) is 0 Å². The van der Waals surface area contributed by atoms with Crippen molar-refractivity contribution in [2.24, 2.45) is 0 Å². The van der Waals surface area contributed by atoms with Crippen LogP contribution >= 0.6 is 0 Å². The summed E-state index contributed by atoms with van der Waals surface area (Å²) in [6, 6.07) is 0. The second-order valence-electron chi connectivity index (χ2n) is 4.17. The number of ether oxygens (including phenoxy) is 1. The Labute approximate surface area is 88.4 Å². The lowest BCUT2D eigenvalue weighted by Crippen LogP contribution is -2.64. The molecule has 0 N–H and O–H groups in total. The quantitative estimate of drug-likeness (QED) is 0.681. The second kappa shape index (κ2) is 4.63. The van der Waals surface area contributed by atoms with Crippen LogP contribution in [0.15, 0.2) is 0 Å². The van der Waals surface area contributed by atoms with Gasteiger partial charge in [0.05, 0.1) is 17.7 Å². The Balaban J connectivity index is 2.96. The van der Waals surface area contributed by atoms with Gasteiger partial charge in [-0.1, -0.05) is 27.7 Å². The molecule has 0 unspecified atom stereocenters. The van der Waals surface area contributed by atoms with Crippen molar-refractivity contribution in [2.45, 2.75) is 64.5 Å². The molecule has 0 amide bonds. The molecule has 1 radical (unpaired) electrons. The first-order valence-corrected chi connectivity index (χ1v) is 6.03. The minimum Gasteiger partial charge on any atom is -0.372 e. The second-order valence-corrected chi connectivity index (χ2v) is 4.17. The number of nitrogens with zero attached hydrogens (tertiary/aromatic N) is 1. The Morgan fingerprint density at radius 1 is 1.00 bits per heavy atom. The van der Waals surface area contributed by atoms with E-state index in [0.717, 1.165) is 38.8 Å². The summed E-state index contributed by atoms with van der Waals surface area (Å²) in [7, 11) is 0. The van der Waals surface area contributed by atoms with Crippen LogP contribution in [0.3, 0.4) is 0 Å². The van der Waals surface area contributed by atoms with Crippen LogP contribution in [0.1, 0.15) is 53.4 Å². The average Bonchev–Trinajstić information content (AvgIpc) is 2.28. The standard InChI is InChI=1S/C12H24NO/c1-5-11(6-2)12(7-3,8-4)14-10-9-13-11/h5-10H2,1-4H3. The largest absolute Gasteiger partial charge is 0.372 e. The van der Waals surface area contributed by atoms with E-state index in [-0.39, 0.29) is 11.1 Å². The highest BCUT2D eigenvalue weighted by atomic mass is 16.5. The van der Waals surface area contributed by atoms with E-state index in [0.29, 0.717) is 0 Å². The lowest BCUT2D eigenvalue weighted by Gasteiger charge is -2.52. The normalized spacial score (nSPS) is 24.9. The fourth-order valence-corrected chi connectivity index (χ4v) is 3.01. The van der Waals surface area contributed by atoms with Gasteiger partial charge in [-0.15, -0.1) is 0 Å². The fourth-order valence-electron chi connectivity index (χ4n) is 3.01. The first kappa shape index (κ1) is 12.0. The van der Waals surface area contributed by atoms with Gasteiger partial charge in [0.25, 0.3) is 0 Å². The first-order valence-electron chi connectivity index (χ1n) is 6.03. The van der Waals surface area contributed by atoms with Gasteiger partial charge in [0, 0.05) is 6.54 Å². The van der Waals surface area contributed by atoms with Crippen LogP contribution in [0.5, 0.6) is 0 Å². The topological polar surface area (TPSA) is 23.3 Å². The predicted octanol–water partition coefficient (Wildman–Crippen LogP) is 2.74. The molecule has 83 valence electrons. The molecular formula is C12H24NO. The number of hydrogen-bond acceptors (Lipinski definition) is 1.